The third kappa shape index (κ3) is 4.56. The lowest BCUT2D eigenvalue weighted by Gasteiger charge is -2.30. The van der Waals surface area contributed by atoms with Crippen LogP contribution in [-0.2, 0) is 11.2 Å². The van der Waals surface area contributed by atoms with Gasteiger partial charge in [-0.25, -0.2) is 0 Å². The van der Waals surface area contributed by atoms with Crippen molar-refractivity contribution >= 4 is 36.4 Å². The number of rotatable bonds is 7. The second kappa shape index (κ2) is 10.1. The van der Waals surface area contributed by atoms with Crippen molar-refractivity contribution < 1.29 is 4.79 Å². The predicted molar refractivity (Wildman–Crippen MR) is 107 cm³/mol. The molecule has 6 heteroatoms. The number of carbonyl (C=O) groups is 1. The fourth-order valence-electron chi connectivity index (χ4n) is 3.40. The molecule has 0 saturated carbocycles. The van der Waals surface area contributed by atoms with Crippen LogP contribution in [0.3, 0.4) is 0 Å². The Morgan fingerprint density at radius 1 is 1.29 bits per heavy atom. The molecule has 1 aliphatic heterocycles. The van der Waals surface area contributed by atoms with Crippen LogP contribution in [0.1, 0.15) is 39.2 Å². The molecule has 0 aliphatic carbocycles. The summed E-state index contributed by atoms with van der Waals surface area (Å²) < 4.78 is 0. The summed E-state index contributed by atoms with van der Waals surface area (Å²) in [5.41, 5.74) is 8.14. The summed E-state index contributed by atoms with van der Waals surface area (Å²) >= 11 is 0. The molecular formula is C18H31Cl2N3O. The van der Waals surface area contributed by atoms with Crippen LogP contribution in [0.25, 0.3) is 0 Å². The van der Waals surface area contributed by atoms with Crippen LogP contribution in [0, 0.1) is 5.41 Å². The molecule has 1 aromatic rings. The Labute approximate surface area is 158 Å². The average Bonchev–Trinajstić information content (AvgIpc) is 2.85. The molecule has 138 valence electrons. The molecule has 3 N–H and O–H groups in total. The van der Waals surface area contributed by atoms with Gasteiger partial charge in [-0.2, -0.15) is 0 Å². The maximum Gasteiger partial charge on any atom is 0.227 e. The van der Waals surface area contributed by atoms with Gasteiger partial charge in [0.15, 0.2) is 0 Å². The Hall–Kier alpha value is -0.970. The standard InChI is InChI=1S/C18H29N3O.2ClH/c1-4-18(5-2,13-19)17(22)20-10-11-21-14(3)12-15-8-6-7-9-16(15)21;;/h6-9,14H,4-5,10-13,19H2,1-3H3,(H,20,22);2*1H. The number of para-hydroxylation sites is 1. The van der Waals surface area contributed by atoms with Gasteiger partial charge in [0.1, 0.15) is 0 Å². The van der Waals surface area contributed by atoms with E-state index in [4.69, 9.17) is 5.73 Å². The number of amides is 1. The SMILES string of the molecule is CCC(CC)(CN)C(=O)NCCN1c2ccccc2CC1C.Cl.Cl. The molecule has 0 fully saturated rings. The van der Waals surface area contributed by atoms with E-state index in [1.54, 1.807) is 0 Å². The van der Waals surface area contributed by atoms with Gasteiger partial charge in [0.2, 0.25) is 5.91 Å². The quantitative estimate of drug-likeness (QED) is 0.769. The number of carbonyl (C=O) groups excluding carboxylic acids is 1. The molecular weight excluding hydrogens is 345 g/mol. The number of halogens is 2. The van der Waals surface area contributed by atoms with Gasteiger partial charge in [0, 0.05) is 31.4 Å². The van der Waals surface area contributed by atoms with E-state index >= 15 is 0 Å². The molecule has 0 bridgehead atoms. The number of benzene rings is 1. The van der Waals surface area contributed by atoms with E-state index in [2.05, 4.69) is 41.4 Å². The Kier molecular flexibility index (Phi) is 9.71. The minimum absolute atomic E-state index is 0. The minimum atomic E-state index is -0.408. The van der Waals surface area contributed by atoms with Gasteiger partial charge in [-0.15, -0.1) is 24.8 Å². The number of hydrogen-bond donors (Lipinski definition) is 2. The molecule has 1 aliphatic rings. The Balaban J connectivity index is 0.00000264. The molecule has 24 heavy (non-hydrogen) atoms. The Morgan fingerprint density at radius 2 is 1.92 bits per heavy atom. The van der Waals surface area contributed by atoms with Crippen molar-refractivity contribution in [2.45, 2.75) is 46.1 Å². The molecule has 0 saturated heterocycles. The van der Waals surface area contributed by atoms with E-state index in [0.29, 0.717) is 19.1 Å². The summed E-state index contributed by atoms with van der Waals surface area (Å²) in [7, 11) is 0. The molecule has 1 atom stereocenters. The highest BCUT2D eigenvalue weighted by molar-refractivity contribution is 5.85. The van der Waals surface area contributed by atoms with Crippen LogP contribution in [-0.4, -0.2) is 31.6 Å². The van der Waals surface area contributed by atoms with E-state index in [0.717, 1.165) is 25.8 Å². The Bertz CT molecular complexity index is 512. The van der Waals surface area contributed by atoms with Crippen LogP contribution in [0.2, 0.25) is 0 Å². The Morgan fingerprint density at radius 3 is 2.50 bits per heavy atom. The van der Waals surface area contributed by atoms with E-state index in [9.17, 15) is 4.79 Å². The van der Waals surface area contributed by atoms with Crippen LogP contribution in [0.5, 0.6) is 0 Å². The summed E-state index contributed by atoms with van der Waals surface area (Å²) in [6.45, 7) is 8.24. The van der Waals surface area contributed by atoms with Crippen LogP contribution in [0.4, 0.5) is 5.69 Å². The molecule has 4 nitrogen and oxygen atoms in total. The number of nitrogens with zero attached hydrogens (tertiary/aromatic N) is 1. The van der Waals surface area contributed by atoms with Crippen molar-refractivity contribution in [1.82, 2.24) is 5.32 Å². The van der Waals surface area contributed by atoms with Gasteiger partial charge in [0.25, 0.3) is 0 Å². The lowest BCUT2D eigenvalue weighted by atomic mass is 9.81. The van der Waals surface area contributed by atoms with E-state index < -0.39 is 5.41 Å². The first-order chi connectivity index (χ1) is 10.6. The molecule has 1 aromatic carbocycles. The van der Waals surface area contributed by atoms with Crippen molar-refractivity contribution in [2.75, 3.05) is 24.5 Å². The minimum Gasteiger partial charge on any atom is -0.367 e. The van der Waals surface area contributed by atoms with Crippen LogP contribution < -0.4 is 16.0 Å². The zero-order valence-corrected chi connectivity index (χ0v) is 16.5. The molecule has 0 radical (unpaired) electrons. The summed E-state index contributed by atoms with van der Waals surface area (Å²) in [4.78, 5) is 14.8. The largest absolute Gasteiger partial charge is 0.367 e. The maximum absolute atomic E-state index is 12.4. The van der Waals surface area contributed by atoms with Gasteiger partial charge in [-0.05, 0) is 37.8 Å². The van der Waals surface area contributed by atoms with E-state index in [1.807, 2.05) is 13.8 Å². The summed E-state index contributed by atoms with van der Waals surface area (Å²) in [5, 5.41) is 3.09. The molecule has 2 rings (SSSR count). The van der Waals surface area contributed by atoms with Crippen molar-refractivity contribution in [3.05, 3.63) is 29.8 Å². The second-order valence-corrected chi connectivity index (χ2v) is 6.32. The third-order valence-electron chi connectivity index (χ3n) is 5.21. The summed E-state index contributed by atoms with van der Waals surface area (Å²) in [5.74, 6) is 0.0973. The average molecular weight is 376 g/mol. The van der Waals surface area contributed by atoms with Crippen molar-refractivity contribution in [3.8, 4) is 0 Å². The fourth-order valence-corrected chi connectivity index (χ4v) is 3.40. The lowest BCUT2D eigenvalue weighted by Crippen LogP contribution is -2.47. The van der Waals surface area contributed by atoms with E-state index in [-0.39, 0.29) is 30.7 Å². The third-order valence-corrected chi connectivity index (χ3v) is 5.21. The fraction of sp³-hybridized carbons (Fsp3) is 0.611. The highest BCUT2D eigenvalue weighted by Gasteiger charge is 2.33. The van der Waals surface area contributed by atoms with Crippen molar-refractivity contribution in [3.63, 3.8) is 0 Å². The number of nitrogens with one attached hydrogen (secondary N) is 1. The topological polar surface area (TPSA) is 58.4 Å². The van der Waals surface area contributed by atoms with Crippen molar-refractivity contribution in [2.24, 2.45) is 11.1 Å². The maximum atomic E-state index is 12.4. The number of anilines is 1. The van der Waals surface area contributed by atoms with Gasteiger partial charge < -0.3 is 16.0 Å². The summed E-state index contributed by atoms with van der Waals surface area (Å²) in [6.07, 6.45) is 2.66. The first kappa shape index (κ1) is 23.0. The predicted octanol–water partition coefficient (Wildman–Crippen LogP) is 3.16. The molecule has 1 heterocycles. The monoisotopic (exact) mass is 375 g/mol. The normalized spacial score (nSPS) is 16.0. The number of fused-ring (bicyclic) bond motifs is 1. The zero-order valence-electron chi connectivity index (χ0n) is 14.9. The number of hydrogen-bond acceptors (Lipinski definition) is 3. The first-order valence-corrected chi connectivity index (χ1v) is 8.41. The van der Waals surface area contributed by atoms with Gasteiger partial charge >= 0.3 is 0 Å². The molecule has 0 aromatic heterocycles. The lowest BCUT2D eigenvalue weighted by molar-refractivity contribution is -0.130. The zero-order chi connectivity index (χ0) is 16.2. The summed E-state index contributed by atoms with van der Waals surface area (Å²) in [6, 6.07) is 9.03. The van der Waals surface area contributed by atoms with Gasteiger partial charge in [0.05, 0.1) is 5.41 Å². The van der Waals surface area contributed by atoms with Crippen LogP contribution in [0.15, 0.2) is 24.3 Å². The molecule has 1 unspecified atom stereocenters. The molecule has 0 spiro atoms. The van der Waals surface area contributed by atoms with E-state index in [1.165, 1.54) is 11.3 Å². The smallest absolute Gasteiger partial charge is 0.227 e. The van der Waals surface area contributed by atoms with Crippen molar-refractivity contribution in [1.29, 1.82) is 0 Å². The first-order valence-electron chi connectivity index (χ1n) is 8.41. The second-order valence-electron chi connectivity index (χ2n) is 6.32. The highest BCUT2D eigenvalue weighted by Crippen LogP contribution is 2.31. The molecule has 1 amide bonds. The number of nitrogens with two attached hydrogens (primary N) is 1. The highest BCUT2D eigenvalue weighted by atomic mass is 35.5. The van der Waals surface area contributed by atoms with Crippen LogP contribution >= 0.6 is 24.8 Å². The van der Waals surface area contributed by atoms with Gasteiger partial charge in [-0.3, -0.25) is 4.79 Å². The van der Waals surface area contributed by atoms with Gasteiger partial charge in [-0.1, -0.05) is 32.0 Å².